The summed E-state index contributed by atoms with van der Waals surface area (Å²) in [6.45, 7) is 3.29. The summed E-state index contributed by atoms with van der Waals surface area (Å²) in [5.41, 5.74) is 0.283. The highest BCUT2D eigenvalue weighted by atomic mass is 16.5. The molecular formula is C21H30N2O6. The van der Waals surface area contributed by atoms with Crippen molar-refractivity contribution in [3.05, 3.63) is 23.8 Å². The van der Waals surface area contributed by atoms with Crippen molar-refractivity contribution >= 4 is 17.8 Å². The Bertz CT molecular complexity index is 714. The van der Waals surface area contributed by atoms with Gasteiger partial charge in [-0.05, 0) is 37.8 Å². The molecule has 1 fully saturated rings. The van der Waals surface area contributed by atoms with E-state index in [0.717, 1.165) is 19.3 Å². The van der Waals surface area contributed by atoms with Crippen LogP contribution in [0.1, 0.15) is 49.9 Å². The monoisotopic (exact) mass is 406 g/mol. The van der Waals surface area contributed by atoms with Crippen LogP contribution in [0.15, 0.2) is 18.2 Å². The minimum atomic E-state index is -0.926. The molecule has 160 valence electrons. The number of rotatable bonds is 8. The maximum Gasteiger partial charge on any atom is 0.326 e. The van der Waals surface area contributed by atoms with E-state index in [1.807, 2.05) is 0 Å². The van der Waals surface area contributed by atoms with Gasteiger partial charge in [-0.15, -0.1) is 0 Å². The highest BCUT2D eigenvalue weighted by molar-refractivity contribution is 5.97. The van der Waals surface area contributed by atoms with Crippen LogP contribution in [-0.2, 0) is 14.3 Å². The summed E-state index contributed by atoms with van der Waals surface area (Å²) in [5.74, 6) is -0.158. The van der Waals surface area contributed by atoms with E-state index in [4.69, 9.17) is 14.2 Å². The first-order valence-corrected chi connectivity index (χ1v) is 9.85. The molecule has 0 radical (unpaired) electrons. The van der Waals surface area contributed by atoms with Crippen molar-refractivity contribution in [1.29, 1.82) is 0 Å². The van der Waals surface area contributed by atoms with Crippen LogP contribution in [0, 0.1) is 5.92 Å². The average Bonchev–Trinajstić information content (AvgIpc) is 2.72. The van der Waals surface area contributed by atoms with Gasteiger partial charge >= 0.3 is 5.97 Å². The van der Waals surface area contributed by atoms with Crippen LogP contribution in [0.4, 0.5) is 0 Å². The second-order valence-electron chi connectivity index (χ2n) is 7.29. The minimum Gasteiger partial charge on any atom is -0.497 e. The van der Waals surface area contributed by atoms with Crippen molar-refractivity contribution in [2.75, 3.05) is 20.8 Å². The van der Waals surface area contributed by atoms with Crippen molar-refractivity contribution < 1.29 is 28.6 Å². The number of hydrogen-bond acceptors (Lipinski definition) is 6. The lowest BCUT2D eigenvalue weighted by Gasteiger charge is -2.30. The van der Waals surface area contributed by atoms with Gasteiger partial charge in [0.1, 0.15) is 18.0 Å². The lowest BCUT2D eigenvalue weighted by atomic mass is 9.86. The van der Waals surface area contributed by atoms with Crippen molar-refractivity contribution in [3.8, 4) is 11.5 Å². The van der Waals surface area contributed by atoms with Crippen LogP contribution in [0.25, 0.3) is 0 Å². The second kappa shape index (κ2) is 10.7. The van der Waals surface area contributed by atoms with E-state index in [0.29, 0.717) is 17.4 Å². The Hall–Kier alpha value is -2.77. The third-order valence-electron chi connectivity index (χ3n) is 5.12. The molecule has 1 aliphatic carbocycles. The van der Waals surface area contributed by atoms with Gasteiger partial charge in [0.2, 0.25) is 0 Å². The molecule has 1 saturated carbocycles. The van der Waals surface area contributed by atoms with Crippen LogP contribution in [-0.4, -0.2) is 50.7 Å². The molecule has 0 aliphatic heterocycles. The summed E-state index contributed by atoms with van der Waals surface area (Å²) in [7, 11) is 2.96. The van der Waals surface area contributed by atoms with Crippen LogP contribution in [0.3, 0.4) is 0 Å². The normalized spacial score (nSPS) is 19.6. The number of methoxy groups -OCH3 is 2. The summed E-state index contributed by atoms with van der Waals surface area (Å²) in [4.78, 5) is 36.6. The fourth-order valence-corrected chi connectivity index (χ4v) is 3.32. The van der Waals surface area contributed by atoms with E-state index >= 15 is 0 Å². The summed E-state index contributed by atoms with van der Waals surface area (Å²) in [5, 5.41) is 5.44. The molecule has 2 amide bonds. The van der Waals surface area contributed by atoms with Gasteiger partial charge in [0.15, 0.2) is 6.10 Å². The van der Waals surface area contributed by atoms with E-state index in [2.05, 4.69) is 17.6 Å². The maximum atomic E-state index is 12.3. The molecule has 1 aromatic carbocycles. The SMILES string of the molecule is COc1cc(OC)cc(C(=O)NCC(=O)O[C@H](C)C(=O)N[C@@H]2CCCC[C@@H]2C)c1. The quantitative estimate of drug-likeness (QED) is 0.641. The number of amides is 2. The molecule has 0 unspecified atom stereocenters. The third kappa shape index (κ3) is 6.66. The Morgan fingerprint density at radius 2 is 1.69 bits per heavy atom. The first-order chi connectivity index (χ1) is 13.8. The number of benzene rings is 1. The standard InChI is InChI=1S/C21H30N2O6/c1-13-7-5-6-8-18(13)23-20(25)14(2)29-19(24)12-22-21(26)15-9-16(27-3)11-17(10-15)28-4/h9-11,13-14,18H,5-8,12H2,1-4H3,(H,22,26)(H,23,25)/t13-,14+,18+/m0/s1. The van der Waals surface area contributed by atoms with Gasteiger partial charge in [0.25, 0.3) is 11.8 Å². The Labute approximate surface area is 171 Å². The van der Waals surface area contributed by atoms with E-state index in [-0.39, 0.29) is 24.1 Å². The molecule has 1 aromatic rings. The predicted octanol–water partition coefficient (Wildman–Crippen LogP) is 2.06. The van der Waals surface area contributed by atoms with Gasteiger partial charge in [-0.3, -0.25) is 14.4 Å². The smallest absolute Gasteiger partial charge is 0.326 e. The Morgan fingerprint density at radius 1 is 1.07 bits per heavy atom. The molecule has 2 rings (SSSR count). The number of carbonyl (C=O) groups is 3. The van der Waals surface area contributed by atoms with Gasteiger partial charge in [0.05, 0.1) is 14.2 Å². The third-order valence-corrected chi connectivity index (χ3v) is 5.12. The predicted molar refractivity (Wildman–Crippen MR) is 107 cm³/mol. The zero-order valence-corrected chi connectivity index (χ0v) is 17.4. The van der Waals surface area contributed by atoms with Crippen molar-refractivity contribution in [2.24, 2.45) is 5.92 Å². The molecule has 1 aliphatic rings. The Morgan fingerprint density at radius 3 is 2.28 bits per heavy atom. The van der Waals surface area contributed by atoms with E-state index < -0.39 is 18.0 Å². The van der Waals surface area contributed by atoms with E-state index in [1.165, 1.54) is 39.7 Å². The van der Waals surface area contributed by atoms with Crippen molar-refractivity contribution in [2.45, 2.75) is 51.7 Å². The highest BCUT2D eigenvalue weighted by Gasteiger charge is 2.26. The van der Waals surface area contributed by atoms with Gasteiger partial charge in [0, 0.05) is 17.7 Å². The number of nitrogens with one attached hydrogen (secondary N) is 2. The number of esters is 1. The lowest BCUT2D eigenvalue weighted by Crippen LogP contribution is -2.46. The number of hydrogen-bond donors (Lipinski definition) is 2. The second-order valence-corrected chi connectivity index (χ2v) is 7.29. The Balaban J connectivity index is 1.82. The molecular weight excluding hydrogens is 376 g/mol. The molecule has 0 saturated heterocycles. The summed E-state index contributed by atoms with van der Waals surface area (Å²) >= 11 is 0. The largest absolute Gasteiger partial charge is 0.497 e. The molecule has 3 atom stereocenters. The summed E-state index contributed by atoms with van der Waals surface area (Å²) in [6.07, 6.45) is 3.36. The fourth-order valence-electron chi connectivity index (χ4n) is 3.32. The molecule has 8 heteroatoms. The van der Waals surface area contributed by atoms with E-state index in [9.17, 15) is 14.4 Å². The summed E-state index contributed by atoms with van der Waals surface area (Å²) in [6, 6.07) is 4.81. The van der Waals surface area contributed by atoms with Crippen LogP contribution in [0.5, 0.6) is 11.5 Å². The molecule has 2 N–H and O–H groups in total. The summed E-state index contributed by atoms with van der Waals surface area (Å²) < 4.78 is 15.4. The average molecular weight is 406 g/mol. The number of ether oxygens (including phenoxy) is 3. The zero-order chi connectivity index (χ0) is 21.4. The zero-order valence-electron chi connectivity index (χ0n) is 17.4. The molecule has 0 heterocycles. The number of carbonyl (C=O) groups excluding carboxylic acids is 3. The molecule has 8 nitrogen and oxygen atoms in total. The van der Waals surface area contributed by atoms with E-state index in [1.54, 1.807) is 6.07 Å². The van der Waals surface area contributed by atoms with Crippen molar-refractivity contribution in [3.63, 3.8) is 0 Å². The van der Waals surface area contributed by atoms with Crippen LogP contribution < -0.4 is 20.1 Å². The molecule has 29 heavy (non-hydrogen) atoms. The Kier molecular flexibility index (Phi) is 8.30. The molecule has 0 spiro atoms. The van der Waals surface area contributed by atoms with Gasteiger partial charge in [-0.1, -0.05) is 19.8 Å². The van der Waals surface area contributed by atoms with Gasteiger partial charge < -0.3 is 24.8 Å². The highest BCUT2D eigenvalue weighted by Crippen LogP contribution is 2.24. The topological polar surface area (TPSA) is 103 Å². The van der Waals surface area contributed by atoms with Crippen molar-refractivity contribution in [1.82, 2.24) is 10.6 Å². The molecule has 0 aromatic heterocycles. The van der Waals surface area contributed by atoms with Gasteiger partial charge in [-0.2, -0.15) is 0 Å². The van der Waals surface area contributed by atoms with Crippen LogP contribution >= 0.6 is 0 Å². The molecule has 0 bridgehead atoms. The van der Waals surface area contributed by atoms with Crippen LogP contribution in [0.2, 0.25) is 0 Å². The minimum absolute atomic E-state index is 0.111. The lowest BCUT2D eigenvalue weighted by molar-refractivity contribution is -0.154. The van der Waals surface area contributed by atoms with Gasteiger partial charge in [-0.25, -0.2) is 0 Å². The maximum absolute atomic E-state index is 12.3. The first-order valence-electron chi connectivity index (χ1n) is 9.85. The fraction of sp³-hybridized carbons (Fsp3) is 0.571. The first kappa shape index (κ1) is 22.5.